The summed E-state index contributed by atoms with van der Waals surface area (Å²) in [7, 11) is 0. The quantitative estimate of drug-likeness (QED) is 0.454. The zero-order valence-corrected chi connectivity index (χ0v) is 20.0. The highest BCUT2D eigenvalue weighted by Gasteiger charge is 2.21. The molecule has 2 heterocycles. The minimum absolute atomic E-state index is 0.127. The predicted octanol–water partition coefficient (Wildman–Crippen LogP) is 5.89. The van der Waals surface area contributed by atoms with E-state index < -0.39 is 0 Å². The largest absolute Gasteiger partial charge is 0.343 e. The second-order valence-corrected chi connectivity index (χ2v) is 8.99. The Morgan fingerprint density at radius 1 is 1.00 bits per heavy atom. The number of hydrogen-bond donors (Lipinski definition) is 1. The molecule has 0 spiro atoms. The molecular weight excluding hydrogens is 459 g/mol. The van der Waals surface area contributed by atoms with Crippen molar-refractivity contribution in [2.45, 2.75) is 39.0 Å². The lowest BCUT2D eigenvalue weighted by Gasteiger charge is -2.15. The molecule has 0 aliphatic carbocycles. The maximum atomic E-state index is 12.9. The van der Waals surface area contributed by atoms with Gasteiger partial charge in [0, 0.05) is 31.5 Å². The fourth-order valence-corrected chi connectivity index (χ4v) is 4.41. The summed E-state index contributed by atoms with van der Waals surface area (Å²) in [6.07, 6.45) is 3.25. The van der Waals surface area contributed by atoms with Crippen LogP contribution in [0.1, 0.15) is 37.8 Å². The molecule has 0 atom stereocenters. The maximum absolute atomic E-state index is 12.9. The molecule has 0 unspecified atom stereocenters. The van der Waals surface area contributed by atoms with Crippen molar-refractivity contribution in [1.29, 1.82) is 0 Å². The number of halogens is 2. The molecule has 0 saturated carbocycles. The lowest BCUT2D eigenvalue weighted by Crippen LogP contribution is -2.27. The van der Waals surface area contributed by atoms with Gasteiger partial charge in [0.05, 0.1) is 21.4 Å². The summed E-state index contributed by atoms with van der Waals surface area (Å²) in [6.45, 7) is 3.56. The molecule has 33 heavy (non-hydrogen) atoms. The minimum Gasteiger partial charge on any atom is -0.343 e. The maximum Gasteiger partial charge on any atom is 0.225 e. The van der Waals surface area contributed by atoms with Crippen molar-refractivity contribution in [2.75, 3.05) is 18.4 Å². The van der Waals surface area contributed by atoms with Gasteiger partial charge in [-0.3, -0.25) is 9.59 Å². The van der Waals surface area contributed by atoms with Gasteiger partial charge in [-0.05, 0) is 49.9 Å². The Labute approximate surface area is 203 Å². The minimum atomic E-state index is -0.164. The van der Waals surface area contributed by atoms with Gasteiger partial charge in [-0.2, -0.15) is 5.10 Å². The summed E-state index contributed by atoms with van der Waals surface area (Å²) in [5.74, 6) is 0.525. The van der Waals surface area contributed by atoms with Crippen molar-refractivity contribution in [3.8, 4) is 16.8 Å². The van der Waals surface area contributed by atoms with Gasteiger partial charge < -0.3 is 10.2 Å². The Morgan fingerprint density at radius 3 is 2.42 bits per heavy atom. The standard InChI is InChI=1S/C25H26Cl2N4O2/c1-17-24(18-8-3-2-4-9-18)25(31(29-17)19-12-13-20(26)21(27)16-19)28-22(32)10-7-11-23(33)30-14-5-6-15-30/h2-4,8-9,12-13,16H,5-7,10-11,14-15H2,1H3,(H,28,32). The first-order valence-electron chi connectivity index (χ1n) is 11.1. The van der Waals surface area contributed by atoms with E-state index in [9.17, 15) is 9.59 Å². The number of benzene rings is 2. The molecule has 1 saturated heterocycles. The monoisotopic (exact) mass is 484 g/mol. The van der Waals surface area contributed by atoms with E-state index in [2.05, 4.69) is 10.4 Å². The Balaban J connectivity index is 1.57. The molecule has 2 aromatic carbocycles. The van der Waals surface area contributed by atoms with Gasteiger partial charge in [-0.25, -0.2) is 4.68 Å². The Hall–Kier alpha value is -2.83. The number of aromatic nitrogens is 2. The van der Waals surface area contributed by atoms with Crippen LogP contribution in [0.2, 0.25) is 10.0 Å². The first kappa shape index (κ1) is 23.3. The van der Waals surface area contributed by atoms with E-state index in [0.29, 0.717) is 34.4 Å². The lowest BCUT2D eigenvalue weighted by atomic mass is 10.1. The van der Waals surface area contributed by atoms with E-state index in [1.165, 1.54) is 0 Å². The summed E-state index contributed by atoms with van der Waals surface area (Å²) in [6, 6.07) is 15.0. The van der Waals surface area contributed by atoms with E-state index in [4.69, 9.17) is 23.2 Å². The summed E-state index contributed by atoms with van der Waals surface area (Å²) in [5.41, 5.74) is 3.24. The molecule has 6 nitrogen and oxygen atoms in total. The number of carbonyl (C=O) groups excluding carboxylic acids is 2. The van der Waals surface area contributed by atoms with Crippen LogP contribution in [-0.2, 0) is 9.59 Å². The van der Waals surface area contributed by atoms with Crippen LogP contribution in [0.5, 0.6) is 0 Å². The Bertz CT molecular complexity index is 1150. The van der Waals surface area contributed by atoms with E-state index in [1.807, 2.05) is 42.2 Å². The number of amides is 2. The number of anilines is 1. The fourth-order valence-electron chi connectivity index (χ4n) is 4.12. The van der Waals surface area contributed by atoms with Gasteiger partial charge in [-0.1, -0.05) is 53.5 Å². The van der Waals surface area contributed by atoms with Crippen LogP contribution in [0.4, 0.5) is 5.82 Å². The highest BCUT2D eigenvalue weighted by molar-refractivity contribution is 6.42. The number of nitrogens with zero attached hydrogens (tertiary/aromatic N) is 3. The highest BCUT2D eigenvalue weighted by Crippen LogP contribution is 2.35. The number of likely N-dealkylation sites (tertiary alicyclic amines) is 1. The van der Waals surface area contributed by atoms with Gasteiger partial charge in [0.2, 0.25) is 11.8 Å². The van der Waals surface area contributed by atoms with Crippen molar-refractivity contribution in [2.24, 2.45) is 0 Å². The summed E-state index contributed by atoms with van der Waals surface area (Å²) in [4.78, 5) is 27.1. The molecule has 1 aromatic heterocycles. The fraction of sp³-hybridized carbons (Fsp3) is 0.320. The number of hydrogen-bond acceptors (Lipinski definition) is 3. The first-order valence-corrected chi connectivity index (χ1v) is 11.9. The van der Waals surface area contributed by atoms with E-state index in [-0.39, 0.29) is 18.2 Å². The van der Waals surface area contributed by atoms with Crippen LogP contribution in [0.25, 0.3) is 16.8 Å². The molecular formula is C25H26Cl2N4O2. The van der Waals surface area contributed by atoms with Gasteiger partial charge in [0.25, 0.3) is 0 Å². The van der Waals surface area contributed by atoms with Gasteiger partial charge >= 0.3 is 0 Å². The zero-order valence-electron chi connectivity index (χ0n) is 18.5. The lowest BCUT2D eigenvalue weighted by molar-refractivity contribution is -0.130. The third-order valence-corrected chi connectivity index (χ3v) is 6.52. The van der Waals surface area contributed by atoms with Gasteiger partial charge in [-0.15, -0.1) is 0 Å². The molecule has 4 rings (SSSR count). The van der Waals surface area contributed by atoms with E-state index in [0.717, 1.165) is 42.8 Å². The average Bonchev–Trinajstić information content (AvgIpc) is 3.45. The third-order valence-electron chi connectivity index (χ3n) is 5.78. The molecule has 3 aromatic rings. The van der Waals surface area contributed by atoms with Crippen molar-refractivity contribution in [3.63, 3.8) is 0 Å². The summed E-state index contributed by atoms with van der Waals surface area (Å²) in [5, 5.41) is 8.57. The molecule has 8 heteroatoms. The van der Waals surface area contributed by atoms with Crippen molar-refractivity contribution >= 4 is 40.8 Å². The highest BCUT2D eigenvalue weighted by atomic mass is 35.5. The number of nitrogens with one attached hydrogen (secondary N) is 1. The molecule has 1 N–H and O–H groups in total. The zero-order chi connectivity index (χ0) is 23.4. The van der Waals surface area contributed by atoms with E-state index >= 15 is 0 Å². The van der Waals surface area contributed by atoms with Gasteiger partial charge in [0.1, 0.15) is 5.82 Å². The molecule has 0 bridgehead atoms. The second-order valence-electron chi connectivity index (χ2n) is 8.17. The van der Waals surface area contributed by atoms with Crippen LogP contribution in [0.3, 0.4) is 0 Å². The second kappa shape index (κ2) is 10.4. The van der Waals surface area contributed by atoms with Crippen LogP contribution in [-0.4, -0.2) is 39.6 Å². The van der Waals surface area contributed by atoms with Crippen LogP contribution < -0.4 is 5.32 Å². The van der Waals surface area contributed by atoms with Crippen molar-refractivity contribution in [1.82, 2.24) is 14.7 Å². The van der Waals surface area contributed by atoms with Gasteiger partial charge in [0.15, 0.2) is 0 Å². The third kappa shape index (κ3) is 5.40. The SMILES string of the molecule is Cc1nn(-c2ccc(Cl)c(Cl)c2)c(NC(=O)CCCC(=O)N2CCCC2)c1-c1ccccc1. The van der Waals surface area contributed by atoms with Crippen LogP contribution in [0, 0.1) is 6.92 Å². The van der Waals surface area contributed by atoms with E-state index in [1.54, 1.807) is 22.9 Å². The number of rotatable bonds is 7. The number of carbonyl (C=O) groups is 2. The van der Waals surface area contributed by atoms with Crippen molar-refractivity contribution in [3.05, 3.63) is 64.3 Å². The van der Waals surface area contributed by atoms with Crippen molar-refractivity contribution < 1.29 is 9.59 Å². The average molecular weight is 485 g/mol. The topological polar surface area (TPSA) is 67.2 Å². The molecule has 172 valence electrons. The number of aryl methyl sites for hydroxylation is 1. The molecule has 1 aliphatic heterocycles. The molecule has 2 amide bonds. The molecule has 1 fully saturated rings. The molecule has 1 aliphatic rings. The Kier molecular flexibility index (Phi) is 7.36. The predicted molar refractivity (Wildman–Crippen MR) is 132 cm³/mol. The smallest absolute Gasteiger partial charge is 0.225 e. The first-order chi connectivity index (χ1) is 15.9. The van der Waals surface area contributed by atoms with Crippen LogP contribution >= 0.6 is 23.2 Å². The Morgan fingerprint density at radius 2 is 1.73 bits per heavy atom. The summed E-state index contributed by atoms with van der Waals surface area (Å²) < 4.78 is 1.67. The normalized spacial score (nSPS) is 13.4. The summed E-state index contributed by atoms with van der Waals surface area (Å²) >= 11 is 12.3. The molecule has 0 radical (unpaired) electrons. The van der Waals surface area contributed by atoms with Crippen LogP contribution in [0.15, 0.2) is 48.5 Å².